The van der Waals surface area contributed by atoms with E-state index in [1.807, 2.05) is 43.3 Å². The van der Waals surface area contributed by atoms with Crippen molar-refractivity contribution < 1.29 is 0 Å². The second-order valence-corrected chi connectivity index (χ2v) is 6.03. The Morgan fingerprint density at radius 3 is 2.56 bits per heavy atom. The first-order valence-electron chi connectivity index (χ1n) is 8.07. The van der Waals surface area contributed by atoms with Gasteiger partial charge < -0.3 is 15.2 Å². The quantitative estimate of drug-likeness (QED) is 0.363. The van der Waals surface area contributed by atoms with Crippen LogP contribution in [-0.2, 0) is 13.1 Å². The van der Waals surface area contributed by atoms with Crippen LogP contribution in [0.15, 0.2) is 53.5 Å². The molecule has 0 aliphatic rings. The molecule has 0 spiro atoms. The number of fused-ring (bicyclic) bond motifs is 1. The number of hydrogen-bond acceptors (Lipinski definition) is 2. The van der Waals surface area contributed by atoms with Gasteiger partial charge in [-0.15, -0.1) is 24.0 Å². The maximum absolute atomic E-state index is 4.67. The number of halogens is 1. The lowest BCUT2D eigenvalue weighted by molar-refractivity contribution is 0.576. The van der Waals surface area contributed by atoms with E-state index in [9.17, 15) is 0 Å². The molecule has 3 aromatic rings. The fraction of sp³-hybridized carbons (Fsp3) is 0.263. The molecule has 0 radical (unpaired) electrons. The number of nitrogens with one attached hydrogen (secondary N) is 2. The maximum atomic E-state index is 4.67. The zero-order valence-electron chi connectivity index (χ0n) is 14.8. The highest BCUT2D eigenvalue weighted by molar-refractivity contribution is 14.0. The highest BCUT2D eigenvalue weighted by Gasteiger charge is 2.07. The lowest BCUT2D eigenvalue weighted by atomic mass is 10.2. The standard InChI is InChI=1S/C19H23N5.HI/c1-14-8-7-11-16-18(14)23-17(22-16)13-21-19(24(2)3)20-12-15-9-5-4-6-10-15;/h4-11H,12-13H2,1-3H3,(H,20,21)(H,22,23);1H. The summed E-state index contributed by atoms with van der Waals surface area (Å²) in [5.41, 5.74) is 4.47. The largest absolute Gasteiger partial charge is 0.349 e. The Bertz CT molecular complexity index is 839. The van der Waals surface area contributed by atoms with E-state index >= 15 is 0 Å². The van der Waals surface area contributed by atoms with Gasteiger partial charge in [0.1, 0.15) is 5.82 Å². The summed E-state index contributed by atoms with van der Waals surface area (Å²) in [6.07, 6.45) is 0. The summed E-state index contributed by atoms with van der Waals surface area (Å²) in [5, 5.41) is 3.37. The molecule has 2 N–H and O–H groups in total. The topological polar surface area (TPSA) is 56.3 Å². The van der Waals surface area contributed by atoms with Crippen molar-refractivity contribution in [1.29, 1.82) is 0 Å². The predicted molar refractivity (Wildman–Crippen MR) is 114 cm³/mol. The second-order valence-electron chi connectivity index (χ2n) is 6.03. The SMILES string of the molecule is Cc1cccc2[nH]c(CNC(=NCc3ccccc3)N(C)C)nc12.I. The summed E-state index contributed by atoms with van der Waals surface area (Å²) in [4.78, 5) is 14.7. The van der Waals surface area contributed by atoms with Crippen LogP contribution in [0.5, 0.6) is 0 Å². The van der Waals surface area contributed by atoms with Crippen LogP contribution in [0.1, 0.15) is 17.0 Å². The van der Waals surface area contributed by atoms with E-state index in [-0.39, 0.29) is 24.0 Å². The third kappa shape index (κ3) is 4.94. The number of rotatable bonds is 4. The average Bonchev–Trinajstić information content (AvgIpc) is 3.00. The van der Waals surface area contributed by atoms with Gasteiger partial charge in [-0.1, -0.05) is 42.5 Å². The van der Waals surface area contributed by atoms with Crippen LogP contribution in [-0.4, -0.2) is 34.9 Å². The van der Waals surface area contributed by atoms with E-state index < -0.39 is 0 Å². The van der Waals surface area contributed by atoms with E-state index in [2.05, 4.69) is 51.5 Å². The number of aliphatic imine (C=N–C) groups is 1. The van der Waals surface area contributed by atoms with Crippen LogP contribution >= 0.6 is 24.0 Å². The van der Waals surface area contributed by atoms with Gasteiger partial charge in [0.25, 0.3) is 0 Å². The minimum Gasteiger partial charge on any atom is -0.349 e. The van der Waals surface area contributed by atoms with Crippen molar-refractivity contribution in [2.45, 2.75) is 20.0 Å². The number of aromatic nitrogens is 2. The van der Waals surface area contributed by atoms with Crippen molar-refractivity contribution in [3.8, 4) is 0 Å². The van der Waals surface area contributed by atoms with Gasteiger partial charge in [-0.3, -0.25) is 0 Å². The van der Waals surface area contributed by atoms with Crippen LogP contribution in [0.3, 0.4) is 0 Å². The molecule has 0 fully saturated rings. The highest BCUT2D eigenvalue weighted by atomic mass is 127. The molecule has 0 aliphatic carbocycles. The van der Waals surface area contributed by atoms with Gasteiger partial charge in [-0.2, -0.15) is 0 Å². The summed E-state index contributed by atoms with van der Waals surface area (Å²) in [6.45, 7) is 3.34. The number of benzene rings is 2. The van der Waals surface area contributed by atoms with E-state index in [1.165, 1.54) is 11.1 Å². The minimum absolute atomic E-state index is 0. The number of H-pyrrole nitrogens is 1. The van der Waals surface area contributed by atoms with E-state index in [0.29, 0.717) is 13.1 Å². The molecule has 3 rings (SSSR count). The Hall–Kier alpha value is -2.09. The molecule has 5 nitrogen and oxygen atoms in total. The number of nitrogens with zero attached hydrogens (tertiary/aromatic N) is 3. The summed E-state index contributed by atoms with van der Waals surface area (Å²) >= 11 is 0. The number of imidazole rings is 1. The van der Waals surface area contributed by atoms with E-state index in [0.717, 1.165) is 22.8 Å². The molecule has 1 heterocycles. The van der Waals surface area contributed by atoms with Crippen molar-refractivity contribution in [2.75, 3.05) is 14.1 Å². The lowest BCUT2D eigenvalue weighted by Crippen LogP contribution is -2.36. The maximum Gasteiger partial charge on any atom is 0.194 e. The normalized spacial score (nSPS) is 11.2. The Labute approximate surface area is 165 Å². The van der Waals surface area contributed by atoms with Gasteiger partial charge in [0, 0.05) is 14.1 Å². The second kappa shape index (κ2) is 8.84. The smallest absolute Gasteiger partial charge is 0.194 e. The molecule has 0 atom stereocenters. The van der Waals surface area contributed by atoms with E-state index in [1.54, 1.807) is 0 Å². The number of guanidine groups is 1. The zero-order valence-corrected chi connectivity index (χ0v) is 17.1. The lowest BCUT2D eigenvalue weighted by Gasteiger charge is -2.17. The van der Waals surface area contributed by atoms with Crippen molar-refractivity contribution in [3.05, 3.63) is 65.5 Å². The third-order valence-electron chi connectivity index (χ3n) is 3.86. The molecule has 132 valence electrons. The molecule has 6 heteroatoms. The van der Waals surface area contributed by atoms with Crippen molar-refractivity contribution in [2.24, 2.45) is 4.99 Å². The zero-order chi connectivity index (χ0) is 16.9. The van der Waals surface area contributed by atoms with Crippen LogP contribution in [0.2, 0.25) is 0 Å². The van der Waals surface area contributed by atoms with Crippen LogP contribution < -0.4 is 5.32 Å². The molecule has 2 aromatic carbocycles. The van der Waals surface area contributed by atoms with Gasteiger partial charge in [-0.25, -0.2) is 9.98 Å². The Kier molecular flexibility index (Phi) is 6.81. The molecule has 25 heavy (non-hydrogen) atoms. The van der Waals surface area contributed by atoms with E-state index in [4.69, 9.17) is 0 Å². The summed E-state index contributed by atoms with van der Waals surface area (Å²) in [7, 11) is 3.97. The Balaban J connectivity index is 0.00000225. The molecule has 0 unspecified atom stereocenters. The van der Waals surface area contributed by atoms with Crippen molar-refractivity contribution in [1.82, 2.24) is 20.2 Å². The number of para-hydroxylation sites is 1. The van der Waals surface area contributed by atoms with Gasteiger partial charge >= 0.3 is 0 Å². The minimum atomic E-state index is 0. The third-order valence-corrected chi connectivity index (χ3v) is 3.86. The Morgan fingerprint density at radius 1 is 1.12 bits per heavy atom. The Morgan fingerprint density at radius 2 is 1.88 bits per heavy atom. The molecule has 0 aliphatic heterocycles. The van der Waals surface area contributed by atoms with Crippen molar-refractivity contribution in [3.63, 3.8) is 0 Å². The highest BCUT2D eigenvalue weighted by Crippen LogP contribution is 2.15. The first kappa shape index (κ1) is 19.2. The molecular weight excluding hydrogens is 425 g/mol. The summed E-state index contributed by atoms with van der Waals surface area (Å²) < 4.78 is 0. The van der Waals surface area contributed by atoms with Crippen molar-refractivity contribution >= 4 is 41.0 Å². The molecule has 1 aromatic heterocycles. The van der Waals surface area contributed by atoms with Crippen LogP contribution in [0.4, 0.5) is 0 Å². The fourth-order valence-corrected chi connectivity index (χ4v) is 2.58. The van der Waals surface area contributed by atoms with Gasteiger partial charge in [0.2, 0.25) is 0 Å². The van der Waals surface area contributed by atoms with Crippen LogP contribution in [0.25, 0.3) is 11.0 Å². The average molecular weight is 449 g/mol. The molecule has 0 saturated carbocycles. The summed E-state index contributed by atoms with van der Waals surface area (Å²) in [6, 6.07) is 16.4. The fourth-order valence-electron chi connectivity index (χ4n) is 2.58. The number of aromatic amines is 1. The molecule has 0 amide bonds. The molecule has 0 saturated heterocycles. The predicted octanol–water partition coefficient (Wildman–Crippen LogP) is 3.70. The number of hydrogen-bond donors (Lipinski definition) is 2. The molecule has 0 bridgehead atoms. The molecular formula is C19H24IN5. The van der Waals surface area contributed by atoms with Gasteiger partial charge in [-0.05, 0) is 24.1 Å². The first-order valence-corrected chi connectivity index (χ1v) is 8.07. The van der Waals surface area contributed by atoms with Gasteiger partial charge in [0.15, 0.2) is 5.96 Å². The van der Waals surface area contributed by atoms with Crippen LogP contribution in [0, 0.1) is 6.92 Å². The van der Waals surface area contributed by atoms with Gasteiger partial charge in [0.05, 0.1) is 24.1 Å². The summed E-state index contributed by atoms with van der Waals surface area (Å²) in [5.74, 6) is 1.75. The number of aryl methyl sites for hydroxylation is 1. The monoisotopic (exact) mass is 449 g/mol. The first-order chi connectivity index (χ1) is 11.6.